The van der Waals surface area contributed by atoms with Crippen LogP contribution in [0.5, 0.6) is 5.75 Å². The number of nitrogens with two attached hydrogens (primary N) is 1. The minimum absolute atomic E-state index is 0.796. The predicted molar refractivity (Wildman–Crippen MR) is 71.0 cm³/mol. The number of ether oxygens (including phenoxy) is 1. The molecule has 0 radical (unpaired) electrons. The zero-order chi connectivity index (χ0) is 12.1. The molecule has 0 aliphatic heterocycles. The molecule has 0 spiro atoms. The second-order valence-electron chi connectivity index (χ2n) is 3.35. The second kappa shape index (κ2) is 5.40. The molecular formula is C14H19NO. The van der Waals surface area contributed by atoms with E-state index in [2.05, 4.69) is 6.92 Å². The van der Waals surface area contributed by atoms with Crippen molar-refractivity contribution in [3.8, 4) is 5.75 Å². The van der Waals surface area contributed by atoms with Crippen molar-refractivity contribution < 1.29 is 4.74 Å². The molecule has 0 unspecified atom stereocenters. The Hall–Kier alpha value is -1.70. The van der Waals surface area contributed by atoms with Gasteiger partial charge in [-0.2, -0.15) is 0 Å². The van der Waals surface area contributed by atoms with Gasteiger partial charge in [-0.3, -0.25) is 0 Å². The van der Waals surface area contributed by atoms with Crippen LogP contribution in [0.2, 0.25) is 0 Å². The van der Waals surface area contributed by atoms with Gasteiger partial charge < -0.3 is 10.5 Å². The van der Waals surface area contributed by atoms with Crippen molar-refractivity contribution in [1.29, 1.82) is 0 Å². The van der Waals surface area contributed by atoms with Crippen molar-refractivity contribution in [3.63, 3.8) is 0 Å². The third-order valence-electron chi connectivity index (χ3n) is 2.46. The van der Waals surface area contributed by atoms with Crippen molar-refractivity contribution >= 4 is 16.5 Å². The van der Waals surface area contributed by atoms with Crippen LogP contribution >= 0.6 is 0 Å². The first-order valence-corrected chi connectivity index (χ1v) is 5.56. The highest BCUT2D eigenvalue weighted by atomic mass is 16.5. The normalized spacial score (nSPS) is 9.50. The van der Waals surface area contributed by atoms with Crippen molar-refractivity contribution in [2.75, 3.05) is 12.8 Å². The van der Waals surface area contributed by atoms with Crippen molar-refractivity contribution in [3.05, 3.63) is 35.9 Å². The van der Waals surface area contributed by atoms with Crippen LogP contribution in [0.3, 0.4) is 0 Å². The Bertz CT molecular complexity index is 477. The molecule has 0 aliphatic rings. The molecular weight excluding hydrogens is 198 g/mol. The van der Waals surface area contributed by atoms with Gasteiger partial charge >= 0.3 is 0 Å². The van der Waals surface area contributed by atoms with Gasteiger partial charge in [-0.25, -0.2) is 0 Å². The van der Waals surface area contributed by atoms with E-state index < -0.39 is 0 Å². The molecule has 16 heavy (non-hydrogen) atoms. The summed E-state index contributed by atoms with van der Waals surface area (Å²) in [5.74, 6) is 0.882. The molecule has 0 atom stereocenters. The van der Waals surface area contributed by atoms with Crippen molar-refractivity contribution in [2.45, 2.75) is 20.8 Å². The van der Waals surface area contributed by atoms with Gasteiger partial charge in [0.05, 0.1) is 7.11 Å². The lowest BCUT2D eigenvalue weighted by Gasteiger charge is -2.09. The highest BCUT2D eigenvalue weighted by Gasteiger charge is 2.05. The zero-order valence-electron chi connectivity index (χ0n) is 10.4. The average Bonchev–Trinajstić information content (AvgIpc) is 2.36. The van der Waals surface area contributed by atoms with Crippen LogP contribution in [0.15, 0.2) is 30.3 Å². The first-order chi connectivity index (χ1) is 7.74. The van der Waals surface area contributed by atoms with E-state index in [4.69, 9.17) is 10.5 Å². The van der Waals surface area contributed by atoms with Gasteiger partial charge in [-0.15, -0.1) is 0 Å². The summed E-state index contributed by atoms with van der Waals surface area (Å²) in [6.45, 7) is 6.06. The summed E-state index contributed by atoms with van der Waals surface area (Å²) in [6.07, 6.45) is 0. The van der Waals surface area contributed by atoms with E-state index in [0.717, 1.165) is 22.2 Å². The van der Waals surface area contributed by atoms with Gasteiger partial charge in [0.1, 0.15) is 5.75 Å². The molecule has 0 fully saturated rings. The third kappa shape index (κ3) is 2.11. The number of nitrogen functional groups attached to an aromatic ring is 1. The summed E-state index contributed by atoms with van der Waals surface area (Å²) in [5.41, 5.74) is 7.88. The lowest BCUT2D eigenvalue weighted by molar-refractivity contribution is 0.419. The summed E-state index contributed by atoms with van der Waals surface area (Å²) >= 11 is 0. The number of rotatable bonds is 1. The predicted octanol–water partition coefficient (Wildman–Crippen LogP) is 3.77. The van der Waals surface area contributed by atoms with E-state index in [-0.39, 0.29) is 0 Å². The van der Waals surface area contributed by atoms with Gasteiger partial charge in [-0.1, -0.05) is 32.0 Å². The molecule has 2 N–H and O–H groups in total. The number of fused-ring (bicyclic) bond motifs is 1. The zero-order valence-corrected chi connectivity index (χ0v) is 10.4. The average molecular weight is 217 g/mol. The van der Waals surface area contributed by atoms with Gasteiger partial charge in [0.25, 0.3) is 0 Å². The van der Waals surface area contributed by atoms with Crippen LogP contribution in [0, 0.1) is 6.92 Å². The summed E-state index contributed by atoms with van der Waals surface area (Å²) in [6, 6.07) is 9.86. The van der Waals surface area contributed by atoms with Crippen molar-refractivity contribution in [2.24, 2.45) is 0 Å². The number of benzene rings is 2. The van der Waals surface area contributed by atoms with Crippen molar-refractivity contribution in [1.82, 2.24) is 0 Å². The lowest BCUT2D eigenvalue weighted by Crippen LogP contribution is -1.91. The Labute approximate surface area is 97.0 Å². The van der Waals surface area contributed by atoms with Crippen LogP contribution < -0.4 is 10.5 Å². The lowest BCUT2D eigenvalue weighted by atomic mass is 10.0. The molecule has 0 aromatic heterocycles. The molecule has 2 rings (SSSR count). The minimum Gasteiger partial charge on any atom is -0.496 e. The Morgan fingerprint density at radius 2 is 1.75 bits per heavy atom. The molecule has 0 bridgehead atoms. The van der Waals surface area contributed by atoms with Crippen LogP contribution in [-0.2, 0) is 0 Å². The SMILES string of the molecule is CC.COc1cccc2c(N)ccc(C)c12. The largest absolute Gasteiger partial charge is 0.496 e. The highest BCUT2D eigenvalue weighted by molar-refractivity contribution is 5.98. The monoisotopic (exact) mass is 217 g/mol. The van der Waals surface area contributed by atoms with Gasteiger partial charge in [0.2, 0.25) is 0 Å². The maximum atomic E-state index is 5.89. The van der Waals surface area contributed by atoms with E-state index in [1.165, 1.54) is 5.56 Å². The fourth-order valence-electron chi connectivity index (χ4n) is 1.74. The summed E-state index contributed by atoms with van der Waals surface area (Å²) in [5, 5.41) is 2.17. The number of hydrogen-bond donors (Lipinski definition) is 1. The van der Waals surface area contributed by atoms with E-state index >= 15 is 0 Å². The Morgan fingerprint density at radius 3 is 2.38 bits per heavy atom. The summed E-state index contributed by atoms with van der Waals surface area (Å²) in [4.78, 5) is 0. The molecule has 2 aromatic carbocycles. The van der Waals surface area contributed by atoms with E-state index in [1.807, 2.05) is 44.2 Å². The van der Waals surface area contributed by atoms with Crippen LogP contribution in [0.1, 0.15) is 19.4 Å². The summed E-state index contributed by atoms with van der Waals surface area (Å²) in [7, 11) is 1.68. The van der Waals surface area contributed by atoms with E-state index in [1.54, 1.807) is 7.11 Å². The molecule has 0 heterocycles. The molecule has 0 saturated heterocycles. The fourth-order valence-corrected chi connectivity index (χ4v) is 1.74. The minimum atomic E-state index is 0.796. The molecule has 0 saturated carbocycles. The second-order valence-corrected chi connectivity index (χ2v) is 3.35. The molecule has 0 amide bonds. The van der Waals surface area contributed by atoms with Gasteiger partial charge in [0, 0.05) is 16.5 Å². The quantitative estimate of drug-likeness (QED) is 0.738. The number of methoxy groups -OCH3 is 1. The smallest absolute Gasteiger partial charge is 0.127 e. The summed E-state index contributed by atoms with van der Waals surface area (Å²) < 4.78 is 5.31. The molecule has 2 aromatic rings. The van der Waals surface area contributed by atoms with E-state index in [0.29, 0.717) is 0 Å². The number of hydrogen-bond acceptors (Lipinski definition) is 2. The molecule has 0 aliphatic carbocycles. The van der Waals surface area contributed by atoms with Gasteiger partial charge in [-0.05, 0) is 24.6 Å². The molecule has 2 heteroatoms. The van der Waals surface area contributed by atoms with Gasteiger partial charge in [0.15, 0.2) is 0 Å². The first-order valence-electron chi connectivity index (χ1n) is 5.56. The highest BCUT2D eigenvalue weighted by Crippen LogP contribution is 2.31. The van der Waals surface area contributed by atoms with Crippen LogP contribution in [-0.4, -0.2) is 7.11 Å². The fraction of sp³-hybridized carbons (Fsp3) is 0.286. The first kappa shape index (κ1) is 12.4. The Balaban J connectivity index is 0.000000606. The topological polar surface area (TPSA) is 35.2 Å². The maximum absolute atomic E-state index is 5.89. The molecule has 86 valence electrons. The third-order valence-corrected chi connectivity index (χ3v) is 2.46. The van der Waals surface area contributed by atoms with Crippen LogP contribution in [0.4, 0.5) is 5.69 Å². The maximum Gasteiger partial charge on any atom is 0.127 e. The number of anilines is 1. The van der Waals surface area contributed by atoms with Crippen LogP contribution in [0.25, 0.3) is 10.8 Å². The Kier molecular flexibility index (Phi) is 4.18. The standard InChI is InChI=1S/C12H13NO.C2H6/c1-8-6-7-10(13)9-4-3-5-11(14-2)12(8)9;1-2/h3-7H,13H2,1-2H3;1-2H3. The molecule has 2 nitrogen and oxygen atoms in total. The number of aryl methyl sites for hydroxylation is 1. The Morgan fingerprint density at radius 1 is 1.06 bits per heavy atom. The van der Waals surface area contributed by atoms with E-state index in [9.17, 15) is 0 Å².